The molecule has 36 heavy (non-hydrogen) atoms. The van der Waals surface area contributed by atoms with Gasteiger partial charge in [-0.3, -0.25) is 4.79 Å². The molecule has 1 amide bonds. The lowest BCUT2D eigenvalue weighted by atomic mass is 9.94. The Morgan fingerprint density at radius 2 is 1.69 bits per heavy atom. The van der Waals surface area contributed by atoms with Gasteiger partial charge in [0.05, 0.1) is 30.6 Å². The quantitative estimate of drug-likeness (QED) is 0.344. The number of halogens is 2. The number of rotatable bonds is 7. The van der Waals surface area contributed by atoms with Gasteiger partial charge in [-0.1, -0.05) is 20.8 Å². The van der Waals surface area contributed by atoms with Crippen LogP contribution in [0.15, 0.2) is 66.9 Å². The first-order valence-corrected chi connectivity index (χ1v) is 11.6. The van der Waals surface area contributed by atoms with Crippen molar-refractivity contribution >= 4 is 16.8 Å². The SMILES string of the molecule is COc1ccc(F)cc1[C@@H](Oc1ccc2c(cnn2-c2ccc(F)cc2)c1)[C@H](C)NC(=O)C(C)(C)C. The number of amides is 1. The van der Waals surface area contributed by atoms with Crippen LogP contribution in [0.4, 0.5) is 8.78 Å². The first kappa shape index (κ1) is 25.2. The lowest BCUT2D eigenvalue weighted by Crippen LogP contribution is -2.44. The molecule has 0 spiro atoms. The maximum atomic E-state index is 14.3. The largest absolute Gasteiger partial charge is 0.496 e. The van der Waals surface area contributed by atoms with E-state index in [1.807, 2.05) is 39.8 Å². The van der Waals surface area contributed by atoms with E-state index in [4.69, 9.17) is 9.47 Å². The number of carbonyl (C=O) groups excluding carboxylic acids is 1. The van der Waals surface area contributed by atoms with E-state index in [2.05, 4.69) is 10.4 Å². The molecule has 0 radical (unpaired) electrons. The normalized spacial score (nSPS) is 13.3. The highest BCUT2D eigenvalue weighted by Crippen LogP contribution is 2.34. The van der Waals surface area contributed by atoms with Crippen molar-refractivity contribution in [1.29, 1.82) is 0 Å². The summed E-state index contributed by atoms with van der Waals surface area (Å²) in [6.07, 6.45) is 0.945. The highest BCUT2D eigenvalue weighted by atomic mass is 19.1. The van der Waals surface area contributed by atoms with E-state index < -0.39 is 23.4 Å². The number of ether oxygens (including phenoxy) is 2. The van der Waals surface area contributed by atoms with Crippen LogP contribution in [0.25, 0.3) is 16.6 Å². The molecule has 0 fully saturated rings. The molecule has 1 aromatic heterocycles. The number of hydrogen-bond acceptors (Lipinski definition) is 4. The van der Waals surface area contributed by atoms with Crippen molar-refractivity contribution in [3.05, 3.63) is 84.1 Å². The fourth-order valence-corrected chi connectivity index (χ4v) is 3.88. The summed E-state index contributed by atoms with van der Waals surface area (Å²) >= 11 is 0. The number of nitrogens with one attached hydrogen (secondary N) is 1. The molecule has 4 rings (SSSR count). The van der Waals surface area contributed by atoms with E-state index in [1.165, 1.54) is 37.4 Å². The van der Waals surface area contributed by atoms with E-state index in [0.717, 1.165) is 16.6 Å². The van der Waals surface area contributed by atoms with E-state index in [9.17, 15) is 13.6 Å². The van der Waals surface area contributed by atoms with Crippen LogP contribution >= 0.6 is 0 Å². The topological polar surface area (TPSA) is 65.4 Å². The van der Waals surface area contributed by atoms with Crippen LogP contribution < -0.4 is 14.8 Å². The second-order valence-electron chi connectivity index (χ2n) is 9.69. The van der Waals surface area contributed by atoms with Gasteiger partial charge in [0.1, 0.15) is 29.2 Å². The first-order valence-electron chi connectivity index (χ1n) is 11.6. The van der Waals surface area contributed by atoms with Crippen molar-refractivity contribution in [3.8, 4) is 17.2 Å². The third-order valence-electron chi connectivity index (χ3n) is 5.87. The lowest BCUT2D eigenvalue weighted by Gasteiger charge is -2.30. The molecule has 1 heterocycles. The highest BCUT2D eigenvalue weighted by Gasteiger charge is 2.30. The van der Waals surface area contributed by atoms with Crippen LogP contribution in [0.3, 0.4) is 0 Å². The third kappa shape index (κ3) is 5.32. The number of benzene rings is 3. The molecule has 2 atom stereocenters. The maximum Gasteiger partial charge on any atom is 0.225 e. The monoisotopic (exact) mass is 493 g/mol. The second-order valence-corrected chi connectivity index (χ2v) is 9.69. The third-order valence-corrected chi connectivity index (χ3v) is 5.87. The van der Waals surface area contributed by atoms with Crippen molar-refractivity contribution < 1.29 is 23.0 Å². The van der Waals surface area contributed by atoms with Crippen LogP contribution in [0.2, 0.25) is 0 Å². The molecule has 0 bridgehead atoms. The van der Waals surface area contributed by atoms with Crippen molar-refractivity contribution in [1.82, 2.24) is 15.1 Å². The van der Waals surface area contributed by atoms with Crippen LogP contribution in [0.5, 0.6) is 11.5 Å². The Bertz CT molecular complexity index is 1380. The van der Waals surface area contributed by atoms with Gasteiger partial charge in [0, 0.05) is 16.4 Å². The average Bonchev–Trinajstić information content (AvgIpc) is 3.25. The fraction of sp³-hybridized carbons (Fsp3) is 0.286. The van der Waals surface area contributed by atoms with Crippen molar-refractivity contribution in [2.24, 2.45) is 5.41 Å². The summed E-state index contributed by atoms with van der Waals surface area (Å²) in [7, 11) is 1.50. The fourth-order valence-electron chi connectivity index (χ4n) is 3.88. The lowest BCUT2D eigenvalue weighted by molar-refractivity contribution is -0.129. The van der Waals surface area contributed by atoms with Gasteiger partial charge in [0.15, 0.2) is 0 Å². The summed E-state index contributed by atoms with van der Waals surface area (Å²) in [5, 5.41) is 8.21. The van der Waals surface area contributed by atoms with Gasteiger partial charge in [0.25, 0.3) is 0 Å². The van der Waals surface area contributed by atoms with Gasteiger partial charge in [-0.25, -0.2) is 13.5 Å². The Kier molecular flexibility index (Phi) is 6.97. The molecule has 0 unspecified atom stereocenters. The minimum absolute atomic E-state index is 0.157. The summed E-state index contributed by atoms with van der Waals surface area (Å²) in [6, 6.07) is 15.2. The number of nitrogens with zero attached hydrogens (tertiary/aromatic N) is 2. The van der Waals surface area contributed by atoms with Gasteiger partial charge in [-0.05, 0) is 67.6 Å². The van der Waals surface area contributed by atoms with Crippen molar-refractivity contribution in [2.75, 3.05) is 7.11 Å². The molecular weight excluding hydrogens is 464 g/mol. The molecule has 6 nitrogen and oxygen atoms in total. The Hall–Kier alpha value is -3.94. The van der Waals surface area contributed by atoms with Gasteiger partial charge < -0.3 is 14.8 Å². The molecule has 1 N–H and O–H groups in total. The number of methoxy groups -OCH3 is 1. The zero-order chi connectivity index (χ0) is 26.0. The van der Waals surface area contributed by atoms with Gasteiger partial charge in [0.2, 0.25) is 5.91 Å². The molecule has 0 saturated carbocycles. The molecule has 0 aliphatic rings. The Balaban J connectivity index is 1.70. The number of hydrogen-bond donors (Lipinski definition) is 1. The van der Waals surface area contributed by atoms with Gasteiger partial charge in [-0.15, -0.1) is 0 Å². The summed E-state index contributed by atoms with van der Waals surface area (Å²) < 4.78 is 41.1. The highest BCUT2D eigenvalue weighted by molar-refractivity contribution is 5.82. The van der Waals surface area contributed by atoms with Crippen LogP contribution in [-0.4, -0.2) is 28.8 Å². The molecular formula is C28H29F2N3O3. The van der Waals surface area contributed by atoms with Crippen LogP contribution in [-0.2, 0) is 4.79 Å². The average molecular weight is 494 g/mol. The van der Waals surface area contributed by atoms with Gasteiger partial charge in [-0.2, -0.15) is 5.10 Å². The number of fused-ring (bicyclic) bond motifs is 1. The maximum absolute atomic E-state index is 14.3. The molecule has 8 heteroatoms. The number of carbonyl (C=O) groups is 1. The first-order chi connectivity index (χ1) is 17.1. The zero-order valence-electron chi connectivity index (χ0n) is 20.9. The summed E-state index contributed by atoms with van der Waals surface area (Å²) in [5.41, 5.74) is 1.39. The molecule has 0 aliphatic heterocycles. The molecule has 0 aliphatic carbocycles. The minimum atomic E-state index is -0.744. The Morgan fingerprint density at radius 1 is 1.00 bits per heavy atom. The summed E-state index contributed by atoms with van der Waals surface area (Å²) in [6.45, 7) is 7.27. The Labute approximate surface area is 208 Å². The Morgan fingerprint density at radius 3 is 2.36 bits per heavy atom. The minimum Gasteiger partial charge on any atom is -0.496 e. The van der Waals surface area contributed by atoms with Crippen LogP contribution in [0, 0.1) is 17.0 Å². The van der Waals surface area contributed by atoms with E-state index in [-0.39, 0.29) is 11.7 Å². The predicted molar refractivity (Wildman–Crippen MR) is 134 cm³/mol. The van der Waals surface area contributed by atoms with Crippen LogP contribution in [0.1, 0.15) is 39.4 Å². The molecule has 188 valence electrons. The molecule has 0 saturated heterocycles. The smallest absolute Gasteiger partial charge is 0.225 e. The summed E-state index contributed by atoms with van der Waals surface area (Å²) in [4.78, 5) is 12.7. The zero-order valence-corrected chi connectivity index (χ0v) is 20.9. The van der Waals surface area contributed by atoms with E-state index in [0.29, 0.717) is 17.1 Å². The van der Waals surface area contributed by atoms with Crippen molar-refractivity contribution in [2.45, 2.75) is 39.8 Å². The van der Waals surface area contributed by atoms with E-state index >= 15 is 0 Å². The van der Waals surface area contributed by atoms with E-state index in [1.54, 1.807) is 29.1 Å². The predicted octanol–water partition coefficient (Wildman–Crippen LogP) is 5.98. The van der Waals surface area contributed by atoms with Crippen molar-refractivity contribution in [3.63, 3.8) is 0 Å². The number of aromatic nitrogens is 2. The molecule has 4 aromatic rings. The second kappa shape index (κ2) is 9.97. The standard InChI is InChI=1S/C28H29F2N3O3/c1-17(32-27(34)28(2,3)4)26(23-15-20(30)8-13-25(23)35-5)36-22-11-12-24-18(14-22)16-31-33(24)21-9-6-19(29)7-10-21/h6-17,26H,1-5H3,(H,32,34)/t17-,26-/m0/s1. The molecule has 3 aromatic carbocycles. The van der Waals surface area contributed by atoms with Gasteiger partial charge >= 0.3 is 0 Å². The summed E-state index contributed by atoms with van der Waals surface area (Å²) in [5.74, 6) is 0.0370.